The first kappa shape index (κ1) is 10.8. The first-order valence-corrected chi connectivity index (χ1v) is 2.62. The van der Waals surface area contributed by atoms with Crippen molar-refractivity contribution in [2.24, 2.45) is 0 Å². The van der Waals surface area contributed by atoms with Gasteiger partial charge in [0.15, 0.2) is 0 Å². The van der Waals surface area contributed by atoms with Crippen LogP contribution in [0.2, 0.25) is 0 Å². The average molecular weight is 222 g/mol. The molecule has 0 spiro atoms. The van der Waals surface area contributed by atoms with Gasteiger partial charge in [-0.1, -0.05) is 6.07 Å². The first-order chi connectivity index (χ1) is 5.04. The second-order valence-corrected chi connectivity index (χ2v) is 1.87. The molecule has 6 heteroatoms. The van der Waals surface area contributed by atoms with Gasteiger partial charge < -0.3 is 25.5 Å². The third kappa shape index (κ3) is 1.53. The van der Waals surface area contributed by atoms with Crippen molar-refractivity contribution in [3.63, 3.8) is 0 Å². The standard InChI is InChI=1S/C6H5O5.Zn/c7-2-1-3(8)5(10)6(11)4(2)9;/h7-11H;/q-1;. The Morgan fingerprint density at radius 3 is 1.33 bits per heavy atom. The van der Waals surface area contributed by atoms with Crippen LogP contribution in [0.3, 0.4) is 0 Å². The number of hydrogen-bond donors (Lipinski definition) is 5. The van der Waals surface area contributed by atoms with Crippen LogP contribution in [0.15, 0.2) is 0 Å². The Labute approximate surface area is 80.3 Å². The van der Waals surface area contributed by atoms with Crippen molar-refractivity contribution < 1.29 is 45.0 Å². The van der Waals surface area contributed by atoms with Crippen LogP contribution < -0.4 is 0 Å². The van der Waals surface area contributed by atoms with Gasteiger partial charge in [0.25, 0.3) is 0 Å². The molecule has 0 atom stereocenters. The van der Waals surface area contributed by atoms with Crippen LogP contribution in [0.5, 0.6) is 28.7 Å². The molecule has 0 aliphatic carbocycles. The maximum absolute atomic E-state index is 8.73. The van der Waals surface area contributed by atoms with Gasteiger partial charge in [-0.2, -0.15) is 0 Å². The van der Waals surface area contributed by atoms with Gasteiger partial charge in [-0.25, -0.2) is 0 Å². The number of phenols is 5. The fourth-order valence-electron chi connectivity index (χ4n) is 0.567. The largest absolute Gasteiger partial charge is 0.559 e. The van der Waals surface area contributed by atoms with Crippen LogP contribution in [0.4, 0.5) is 0 Å². The van der Waals surface area contributed by atoms with Crippen molar-refractivity contribution in [2.75, 3.05) is 0 Å². The van der Waals surface area contributed by atoms with E-state index in [1.807, 2.05) is 0 Å². The van der Waals surface area contributed by atoms with Gasteiger partial charge in [0.05, 0.1) is 28.7 Å². The minimum absolute atomic E-state index is 0. The monoisotopic (exact) mass is 221 g/mol. The zero-order chi connectivity index (χ0) is 8.59. The smallest absolute Gasteiger partial charge is 0.0959 e. The number of benzene rings is 1. The molecular weight excluding hydrogens is 217 g/mol. The van der Waals surface area contributed by atoms with Crippen molar-refractivity contribution in [3.05, 3.63) is 6.07 Å². The Bertz CT molecular complexity index is 272. The molecule has 0 fully saturated rings. The molecule has 62 valence electrons. The van der Waals surface area contributed by atoms with E-state index in [1.54, 1.807) is 6.07 Å². The topological polar surface area (TPSA) is 101 Å². The molecular formula is C6H5O5Zn-. The van der Waals surface area contributed by atoms with E-state index in [0.717, 1.165) is 0 Å². The minimum atomic E-state index is -0.973. The fourth-order valence-corrected chi connectivity index (χ4v) is 0.567. The molecule has 0 aliphatic rings. The molecule has 0 bridgehead atoms. The molecule has 1 aromatic carbocycles. The predicted molar refractivity (Wildman–Crippen MR) is 33.6 cm³/mol. The van der Waals surface area contributed by atoms with E-state index < -0.39 is 28.7 Å². The Balaban J connectivity index is 0.00000121. The molecule has 0 heterocycles. The zero-order valence-corrected chi connectivity index (χ0v) is 8.91. The normalized spacial score (nSPS) is 9.00. The summed E-state index contributed by atoms with van der Waals surface area (Å²) in [7, 11) is 0. The summed E-state index contributed by atoms with van der Waals surface area (Å²) in [5.41, 5.74) is 0. The van der Waals surface area contributed by atoms with Crippen LogP contribution in [0.1, 0.15) is 0 Å². The molecule has 12 heavy (non-hydrogen) atoms. The van der Waals surface area contributed by atoms with E-state index in [0.29, 0.717) is 0 Å². The summed E-state index contributed by atoms with van der Waals surface area (Å²) in [5, 5.41) is 43.5. The second-order valence-electron chi connectivity index (χ2n) is 1.87. The molecule has 0 saturated carbocycles. The molecule has 1 aromatic rings. The van der Waals surface area contributed by atoms with Crippen molar-refractivity contribution in [2.45, 2.75) is 0 Å². The molecule has 1 rings (SSSR count). The predicted octanol–water partition coefficient (Wildman–Crippen LogP) is 0.0123. The van der Waals surface area contributed by atoms with Crippen LogP contribution >= 0.6 is 0 Å². The summed E-state index contributed by atoms with van der Waals surface area (Å²) in [6.45, 7) is 0. The number of hydrogen-bond acceptors (Lipinski definition) is 5. The fraction of sp³-hybridized carbons (Fsp3) is 0. The second kappa shape index (κ2) is 3.49. The SMILES string of the molecule is Oc1[c-]c(O)c(O)c(O)c1O.[Zn]. The van der Waals surface area contributed by atoms with E-state index in [4.69, 9.17) is 25.5 Å². The van der Waals surface area contributed by atoms with E-state index >= 15 is 0 Å². The maximum Gasteiger partial charge on any atom is 0.0959 e. The van der Waals surface area contributed by atoms with Crippen molar-refractivity contribution >= 4 is 0 Å². The van der Waals surface area contributed by atoms with Crippen molar-refractivity contribution in [1.82, 2.24) is 0 Å². The van der Waals surface area contributed by atoms with E-state index in [1.165, 1.54) is 0 Å². The summed E-state index contributed by atoms with van der Waals surface area (Å²) in [6.07, 6.45) is 0. The van der Waals surface area contributed by atoms with Gasteiger partial charge in [-0.3, -0.25) is 0 Å². The number of aromatic hydroxyl groups is 5. The summed E-state index contributed by atoms with van der Waals surface area (Å²) < 4.78 is 0. The minimum Gasteiger partial charge on any atom is -0.559 e. The van der Waals surface area contributed by atoms with Crippen molar-refractivity contribution in [3.8, 4) is 28.7 Å². The molecule has 0 aliphatic heterocycles. The molecule has 0 aromatic heterocycles. The quantitative estimate of drug-likeness (QED) is 0.184. The van der Waals surface area contributed by atoms with Gasteiger partial charge in [0, 0.05) is 19.5 Å². The van der Waals surface area contributed by atoms with E-state index in [9.17, 15) is 0 Å². The van der Waals surface area contributed by atoms with E-state index in [2.05, 4.69) is 0 Å². The summed E-state index contributed by atoms with van der Waals surface area (Å²) in [5.74, 6) is -4.45. The van der Waals surface area contributed by atoms with Crippen molar-refractivity contribution in [1.29, 1.82) is 0 Å². The summed E-state index contributed by atoms with van der Waals surface area (Å²) in [6, 6.07) is 1.80. The Hall–Kier alpha value is -1.16. The molecule has 0 radical (unpaired) electrons. The van der Waals surface area contributed by atoms with Gasteiger partial charge in [-0.05, 0) is 0 Å². The molecule has 5 nitrogen and oxygen atoms in total. The molecule has 0 unspecified atom stereocenters. The maximum atomic E-state index is 8.73. The Kier molecular flexibility index (Phi) is 3.16. The van der Waals surface area contributed by atoms with Gasteiger partial charge in [0.1, 0.15) is 0 Å². The van der Waals surface area contributed by atoms with Gasteiger partial charge in [-0.15, -0.1) is 0 Å². The van der Waals surface area contributed by atoms with Crippen LogP contribution in [-0.2, 0) is 19.5 Å². The van der Waals surface area contributed by atoms with Crippen LogP contribution in [-0.4, -0.2) is 25.5 Å². The third-order valence-electron chi connectivity index (χ3n) is 1.13. The summed E-state index contributed by atoms with van der Waals surface area (Å²) in [4.78, 5) is 0. The Morgan fingerprint density at radius 1 is 0.667 bits per heavy atom. The van der Waals surface area contributed by atoms with Crippen LogP contribution in [0.25, 0.3) is 0 Å². The van der Waals surface area contributed by atoms with Crippen LogP contribution in [0, 0.1) is 6.07 Å². The van der Waals surface area contributed by atoms with Gasteiger partial charge in [0.2, 0.25) is 0 Å². The molecule has 0 saturated heterocycles. The third-order valence-corrected chi connectivity index (χ3v) is 1.13. The van der Waals surface area contributed by atoms with Gasteiger partial charge >= 0.3 is 0 Å². The van der Waals surface area contributed by atoms with E-state index in [-0.39, 0.29) is 19.5 Å². The summed E-state index contributed by atoms with van der Waals surface area (Å²) >= 11 is 0. The number of phenolic OH excluding ortho intramolecular Hbond substituents is 5. The first-order valence-electron chi connectivity index (χ1n) is 2.62. The number of rotatable bonds is 0. The average Bonchev–Trinajstić information content (AvgIpc) is 1.97. The molecule has 5 N–H and O–H groups in total. The molecule has 0 amide bonds. The Morgan fingerprint density at radius 2 is 1.00 bits per heavy atom. The zero-order valence-electron chi connectivity index (χ0n) is 5.94.